The van der Waals surface area contributed by atoms with Gasteiger partial charge < -0.3 is 38.4 Å². The first-order valence-corrected chi connectivity index (χ1v) is 14.4. The molecule has 2 fully saturated rings. The van der Waals surface area contributed by atoms with E-state index in [-0.39, 0.29) is 18.2 Å². The van der Waals surface area contributed by atoms with Crippen molar-refractivity contribution in [3.05, 3.63) is 66.2 Å². The van der Waals surface area contributed by atoms with Crippen molar-refractivity contribution in [2.24, 2.45) is 5.92 Å². The van der Waals surface area contributed by atoms with Crippen LogP contribution in [-0.2, 0) is 9.59 Å². The fourth-order valence-corrected chi connectivity index (χ4v) is 6.06. The molecule has 2 saturated heterocycles. The Kier molecular flexibility index (Phi) is 9.13. The molecule has 10 heteroatoms. The zero-order valence-corrected chi connectivity index (χ0v) is 25.4. The molecule has 2 aliphatic rings. The normalized spacial score (nSPS) is 18.7. The molecule has 10 nitrogen and oxygen atoms in total. The molecule has 2 aliphatic heterocycles. The van der Waals surface area contributed by atoms with Crippen LogP contribution in [0.25, 0.3) is 0 Å². The van der Waals surface area contributed by atoms with Gasteiger partial charge in [-0.05, 0) is 48.4 Å². The Hall–Kier alpha value is -4.60. The Morgan fingerprint density at radius 1 is 0.698 bits per heavy atom. The zero-order valence-electron chi connectivity index (χ0n) is 25.4. The maximum Gasteiger partial charge on any atom is 0.228 e. The van der Waals surface area contributed by atoms with Crippen molar-refractivity contribution in [2.45, 2.75) is 18.9 Å². The fourth-order valence-electron chi connectivity index (χ4n) is 6.06. The number of nitrogens with zero attached hydrogens (tertiary/aromatic N) is 3. The van der Waals surface area contributed by atoms with Crippen LogP contribution in [0.3, 0.4) is 0 Å². The van der Waals surface area contributed by atoms with E-state index in [2.05, 4.69) is 4.90 Å². The number of rotatable bonds is 9. The number of hydrogen-bond donors (Lipinski definition) is 0. The fraction of sp³-hybridized carbons (Fsp3) is 0.394. The van der Waals surface area contributed by atoms with Crippen LogP contribution < -0.4 is 33.5 Å². The lowest BCUT2D eigenvalue weighted by Crippen LogP contribution is -2.54. The average molecular weight is 590 g/mol. The summed E-state index contributed by atoms with van der Waals surface area (Å²) in [6.07, 6.45) is 0.694. The molecule has 3 aromatic carbocycles. The van der Waals surface area contributed by atoms with E-state index < -0.39 is 12.0 Å². The smallest absolute Gasteiger partial charge is 0.228 e. The molecule has 2 amide bonds. The van der Waals surface area contributed by atoms with Gasteiger partial charge in [0, 0.05) is 50.4 Å². The number of carbonyl (C=O) groups is 2. The highest BCUT2D eigenvalue weighted by atomic mass is 16.5. The molecular formula is C33H39N3O7. The molecular weight excluding hydrogens is 550 g/mol. The van der Waals surface area contributed by atoms with Gasteiger partial charge in [-0.3, -0.25) is 9.59 Å². The van der Waals surface area contributed by atoms with E-state index in [1.165, 1.54) is 21.3 Å². The van der Waals surface area contributed by atoms with Crippen LogP contribution in [0, 0.1) is 5.92 Å². The zero-order chi connectivity index (χ0) is 30.5. The van der Waals surface area contributed by atoms with Crippen LogP contribution in [0.5, 0.6) is 28.7 Å². The molecule has 0 aromatic heterocycles. The maximum atomic E-state index is 14.3. The van der Waals surface area contributed by atoms with Crippen molar-refractivity contribution < 1.29 is 33.3 Å². The van der Waals surface area contributed by atoms with E-state index in [9.17, 15) is 9.59 Å². The van der Waals surface area contributed by atoms with Gasteiger partial charge in [0.15, 0.2) is 11.5 Å². The number of amides is 2. The summed E-state index contributed by atoms with van der Waals surface area (Å²) in [5.74, 6) is 2.32. The van der Waals surface area contributed by atoms with E-state index >= 15 is 0 Å². The number of piperazine rings is 1. The van der Waals surface area contributed by atoms with Crippen LogP contribution in [0.4, 0.5) is 11.4 Å². The molecule has 0 bridgehead atoms. The maximum absolute atomic E-state index is 14.3. The van der Waals surface area contributed by atoms with Crippen molar-refractivity contribution in [1.82, 2.24) is 4.90 Å². The highest BCUT2D eigenvalue weighted by Gasteiger charge is 2.44. The molecule has 0 saturated carbocycles. The van der Waals surface area contributed by atoms with E-state index in [1.807, 2.05) is 53.4 Å². The third kappa shape index (κ3) is 6.00. The number of benzene rings is 3. The summed E-state index contributed by atoms with van der Waals surface area (Å²) in [5.41, 5.74) is 2.51. The molecule has 2 heterocycles. The molecule has 0 aliphatic carbocycles. The minimum atomic E-state index is -0.540. The van der Waals surface area contributed by atoms with Gasteiger partial charge in [-0.1, -0.05) is 12.1 Å². The lowest BCUT2D eigenvalue weighted by Gasteiger charge is -2.44. The third-order valence-electron chi connectivity index (χ3n) is 8.33. The van der Waals surface area contributed by atoms with Gasteiger partial charge in [-0.15, -0.1) is 0 Å². The second-order valence-corrected chi connectivity index (χ2v) is 10.5. The summed E-state index contributed by atoms with van der Waals surface area (Å²) >= 11 is 0. The number of carbonyl (C=O) groups excluding carboxylic acids is 2. The van der Waals surface area contributed by atoms with E-state index in [1.54, 1.807) is 31.3 Å². The van der Waals surface area contributed by atoms with Gasteiger partial charge in [0.2, 0.25) is 17.6 Å². The van der Waals surface area contributed by atoms with Gasteiger partial charge in [-0.25, -0.2) is 0 Å². The molecule has 3 aromatic rings. The largest absolute Gasteiger partial charge is 0.497 e. The average Bonchev–Trinajstić information content (AvgIpc) is 3.07. The van der Waals surface area contributed by atoms with Crippen LogP contribution in [0.2, 0.25) is 0 Å². The van der Waals surface area contributed by atoms with Gasteiger partial charge in [-0.2, -0.15) is 0 Å². The Morgan fingerprint density at radius 3 is 1.77 bits per heavy atom. The molecule has 0 N–H and O–H groups in total. The lowest BCUT2D eigenvalue weighted by atomic mass is 9.82. The highest BCUT2D eigenvalue weighted by Crippen LogP contribution is 2.46. The first-order valence-electron chi connectivity index (χ1n) is 14.4. The second kappa shape index (κ2) is 13.1. The predicted molar refractivity (Wildman–Crippen MR) is 164 cm³/mol. The number of ether oxygens (including phenoxy) is 5. The summed E-state index contributed by atoms with van der Waals surface area (Å²) in [6, 6.07) is 18.5. The first-order chi connectivity index (χ1) is 20.9. The van der Waals surface area contributed by atoms with Crippen molar-refractivity contribution in [2.75, 3.05) is 71.5 Å². The topological polar surface area (TPSA) is 90.0 Å². The van der Waals surface area contributed by atoms with Crippen molar-refractivity contribution in [3.63, 3.8) is 0 Å². The summed E-state index contributed by atoms with van der Waals surface area (Å²) in [4.78, 5) is 33.9. The first kappa shape index (κ1) is 29.9. The van der Waals surface area contributed by atoms with Crippen molar-refractivity contribution in [3.8, 4) is 28.7 Å². The summed E-state index contributed by atoms with van der Waals surface area (Å²) < 4.78 is 27.4. The molecule has 2 atom stereocenters. The minimum absolute atomic E-state index is 0.0418. The Bertz CT molecular complexity index is 1390. The van der Waals surface area contributed by atoms with Crippen LogP contribution in [0.1, 0.15) is 24.4 Å². The Balaban J connectivity index is 1.46. The van der Waals surface area contributed by atoms with Gasteiger partial charge in [0.25, 0.3) is 0 Å². The van der Waals surface area contributed by atoms with Gasteiger partial charge in [0.1, 0.15) is 11.5 Å². The van der Waals surface area contributed by atoms with Gasteiger partial charge >= 0.3 is 0 Å². The molecule has 0 unspecified atom stereocenters. The van der Waals surface area contributed by atoms with Crippen LogP contribution >= 0.6 is 0 Å². The monoisotopic (exact) mass is 589 g/mol. The molecule has 228 valence electrons. The SMILES string of the molecule is COc1ccc([C@@H]2[C@@H](C(=O)N3CCN(c4ccc(OC)cc4)CC3)CCC(=O)N2c2cc(OC)c(OC)c(OC)c2)cc1. The standard InChI is InChI=1S/C33H39N3O7/c1-39-25-10-6-22(7-11-25)31-27(33(38)35-18-16-34(17-19-35)23-8-12-26(40-2)13-9-23)14-15-30(37)36(31)24-20-28(41-3)32(43-5)29(21-24)42-4/h6-13,20-21,27,31H,14-19H2,1-5H3/t27-,31+/m0/s1. The van der Waals surface area contributed by atoms with Gasteiger partial charge in [0.05, 0.1) is 53.2 Å². The minimum Gasteiger partial charge on any atom is -0.497 e. The molecule has 43 heavy (non-hydrogen) atoms. The summed E-state index contributed by atoms with van der Waals surface area (Å²) in [7, 11) is 7.88. The van der Waals surface area contributed by atoms with Crippen molar-refractivity contribution in [1.29, 1.82) is 0 Å². The van der Waals surface area contributed by atoms with Crippen LogP contribution in [-0.4, -0.2) is 78.4 Å². The summed E-state index contributed by atoms with van der Waals surface area (Å²) in [6.45, 7) is 2.62. The number of hydrogen-bond acceptors (Lipinski definition) is 8. The second-order valence-electron chi connectivity index (χ2n) is 10.5. The molecule has 0 radical (unpaired) electrons. The summed E-state index contributed by atoms with van der Waals surface area (Å²) in [5, 5.41) is 0. The Labute approximate surface area is 252 Å². The quantitative estimate of drug-likeness (QED) is 0.359. The van der Waals surface area contributed by atoms with E-state index in [0.29, 0.717) is 61.3 Å². The Morgan fingerprint density at radius 2 is 1.26 bits per heavy atom. The van der Waals surface area contributed by atoms with Crippen molar-refractivity contribution >= 4 is 23.2 Å². The van der Waals surface area contributed by atoms with E-state index in [0.717, 1.165) is 17.0 Å². The highest BCUT2D eigenvalue weighted by molar-refractivity contribution is 5.98. The number of methoxy groups -OCH3 is 5. The lowest BCUT2D eigenvalue weighted by molar-refractivity contribution is -0.138. The number of piperidine rings is 1. The third-order valence-corrected chi connectivity index (χ3v) is 8.33. The predicted octanol–water partition coefficient (Wildman–Crippen LogP) is 4.56. The molecule has 0 spiro atoms. The number of anilines is 2. The van der Waals surface area contributed by atoms with E-state index in [4.69, 9.17) is 23.7 Å². The molecule has 5 rings (SSSR count). The van der Waals surface area contributed by atoms with Crippen LogP contribution in [0.15, 0.2) is 60.7 Å².